The van der Waals surface area contributed by atoms with Crippen molar-refractivity contribution in [3.63, 3.8) is 0 Å². The monoisotopic (exact) mass is 357 g/mol. The number of nitrogens with zero attached hydrogens (tertiary/aromatic N) is 3. The molecule has 0 bridgehead atoms. The van der Waals surface area contributed by atoms with Crippen molar-refractivity contribution in [3.8, 4) is 0 Å². The number of hydrogen-bond acceptors (Lipinski definition) is 4. The highest BCUT2D eigenvalue weighted by molar-refractivity contribution is 5.93. The Kier molecular flexibility index (Phi) is 4.40. The van der Waals surface area contributed by atoms with Gasteiger partial charge in [0.25, 0.3) is 5.91 Å². The number of carboxylic acids is 1. The predicted molar refractivity (Wildman–Crippen MR) is 94.0 cm³/mol. The van der Waals surface area contributed by atoms with Crippen molar-refractivity contribution in [2.24, 2.45) is 11.8 Å². The zero-order valence-electron chi connectivity index (χ0n) is 14.8. The van der Waals surface area contributed by atoms with Gasteiger partial charge in [-0.15, -0.1) is 0 Å². The first-order chi connectivity index (χ1) is 12.5. The third-order valence-electron chi connectivity index (χ3n) is 5.58. The Balaban J connectivity index is 1.42. The highest BCUT2D eigenvalue weighted by Gasteiger charge is 2.40. The van der Waals surface area contributed by atoms with Gasteiger partial charge in [-0.05, 0) is 49.8 Å². The number of imidazole rings is 1. The summed E-state index contributed by atoms with van der Waals surface area (Å²) >= 11 is 0. The molecule has 0 spiro atoms. The maximum Gasteiger partial charge on any atom is 0.309 e. The number of piperidine rings is 1. The first-order valence-corrected chi connectivity index (χ1v) is 9.12. The highest BCUT2D eigenvalue weighted by atomic mass is 16.5. The summed E-state index contributed by atoms with van der Waals surface area (Å²) in [5.74, 6) is -1.05. The topological polar surface area (TPSA) is 84.1 Å². The lowest BCUT2D eigenvalue weighted by Crippen LogP contribution is -2.43. The second-order valence-corrected chi connectivity index (χ2v) is 7.29. The van der Waals surface area contributed by atoms with Crippen LogP contribution in [0, 0.1) is 18.8 Å². The van der Waals surface area contributed by atoms with E-state index in [4.69, 9.17) is 4.74 Å². The van der Waals surface area contributed by atoms with E-state index in [9.17, 15) is 14.7 Å². The predicted octanol–water partition coefficient (Wildman–Crippen LogP) is 1.98. The van der Waals surface area contributed by atoms with Crippen LogP contribution >= 0.6 is 0 Å². The number of hydrogen-bond donors (Lipinski definition) is 1. The van der Waals surface area contributed by atoms with Crippen LogP contribution in [0.3, 0.4) is 0 Å². The molecule has 4 heterocycles. The Morgan fingerprint density at radius 3 is 2.77 bits per heavy atom. The maximum absolute atomic E-state index is 12.8. The molecule has 0 saturated carbocycles. The number of likely N-dealkylation sites (tertiary alicyclic amines) is 1. The normalized spacial score (nSPS) is 24.3. The molecule has 4 rings (SSSR count). The zero-order valence-corrected chi connectivity index (χ0v) is 14.8. The largest absolute Gasteiger partial charge is 0.481 e. The van der Waals surface area contributed by atoms with Gasteiger partial charge in [-0.25, -0.2) is 4.98 Å². The van der Waals surface area contributed by atoms with Crippen molar-refractivity contribution in [1.82, 2.24) is 14.3 Å². The number of aliphatic carboxylic acids is 1. The second kappa shape index (κ2) is 6.72. The first kappa shape index (κ1) is 17.0. The fraction of sp³-hybridized carbons (Fsp3) is 0.526. The average molecular weight is 357 g/mol. The molecule has 2 atom stereocenters. The second-order valence-electron chi connectivity index (χ2n) is 7.29. The van der Waals surface area contributed by atoms with Gasteiger partial charge in [-0.2, -0.15) is 0 Å². The Bertz CT molecular complexity index is 838. The van der Waals surface area contributed by atoms with Gasteiger partial charge in [-0.1, -0.05) is 0 Å². The van der Waals surface area contributed by atoms with Crippen LogP contribution in [0.15, 0.2) is 24.5 Å². The van der Waals surface area contributed by atoms with Gasteiger partial charge in [0, 0.05) is 32.1 Å². The van der Waals surface area contributed by atoms with Crippen molar-refractivity contribution in [2.45, 2.75) is 32.3 Å². The van der Waals surface area contributed by atoms with Crippen LogP contribution < -0.4 is 0 Å². The molecule has 0 aliphatic carbocycles. The Morgan fingerprint density at radius 1 is 1.27 bits per heavy atom. The van der Waals surface area contributed by atoms with E-state index in [1.54, 1.807) is 6.20 Å². The lowest BCUT2D eigenvalue weighted by Gasteiger charge is -2.35. The summed E-state index contributed by atoms with van der Waals surface area (Å²) in [4.78, 5) is 30.4. The Hall–Kier alpha value is -2.41. The molecular formula is C19H23N3O4. The van der Waals surface area contributed by atoms with Crippen molar-refractivity contribution >= 4 is 17.5 Å². The van der Waals surface area contributed by atoms with Crippen LogP contribution in [-0.4, -0.2) is 57.1 Å². The summed E-state index contributed by atoms with van der Waals surface area (Å²) in [5.41, 5.74) is 2.33. The number of carboxylic acid groups (broad SMARTS) is 1. The number of rotatable bonds is 3. The Labute approximate surface area is 151 Å². The van der Waals surface area contributed by atoms with Crippen LogP contribution in [-0.2, 0) is 9.53 Å². The van der Waals surface area contributed by atoms with E-state index in [0.717, 1.165) is 24.1 Å². The summed E-state index contributed by atoms with van der Waals surface area (Å²) in [5, 5.41) is 9.34. The van der Waals surface area contributed by atoms with Gasteiger partial charge in [0.1, 0.15) is 11.3 Å². The number of carbonyl (C=O) groups is 2. The lowest BCUT2D eigenvalue weighted by atomic mass is 9.84. The fourth-order valence-electron chi connectivity index (χ4n) is 4.12. The molecule has 2 aromatic rings. The number of aryl methyl sites for hydroxylation is 1. The van der Waals surface area contributed by atoms with Gasteiger partial charge in [0.15, 0.2) is 0 Å². The van der Waals surface area contributed by atoms with E-state index >= 15 is 0 Å². The molecule has 1 N–H and O–H groups in total. The number of amides is 1. The summed E-state index contributed by atoms with van der Waals surface area (Å²) < 4.78 is 7.56. The summed E-state index contributed by atoms with van der Waals surface area (Å²) in [6.07, 6.45) is 5.58. The molecule has 1 amide bonds. The van der Waals surface area contributed by atoms with Gasteiger partial charge >= 0.3 is 5.97 Å². The minimum absolute atomic E-state index is 0.0630. The summed E-state index contributed by atoms with van der Waals surface area (Å²) in [7, 11) is 0. The van der Waals surface area contributed by atoms with Crippen molar-refractivity contribution < 1.29 is 19.4 Å². The van der Waals surface area contributed by atoms with E-state index in [1.165, 1.54) is 0 Å². The van der Waals surface area contributed by atoms with Crippen molar-refractivity contribution in [1.29, 1.82) is 0 Å². The smallest absolute Gasteiger partial charge is 0.309 e. The van der Waals surface area contributed by atoms with Crippen LogP contribution in [0.25, 0.3) is 5.65 Å². The average Bonchev–Trinajstić information content (AvgIpc) is 3.28. The number of carbonyl (C=O) groups excluding carboxylic acids is 1. The van der Waals surface area contributed by atoms with E-state index in [0.29, 0.717) is 31.8 Å². The lowest BCUT2D eigenvalue weighted by molar-refractivity contribution is -0.145. The highest BCUT2D eigenvalue weighted by Crippen LogP contribution is 2.33. The van der Waals surface area contributed by atoms with Crippen LogP contribution in [0.5, 0.6) is 0 Å². The van der Waals surface area contributed by atoms with Gasteiger partial charge < -0.3 is 19.1 Å². The summed E-state index contributed by atoms with van der Waals surface area (Å²) in [6, 6.07) is 3.93. The van der Waals surface area contributed by atoms with Gasteiger partial charge in [0.2, 0.25) is 0 Å². The molecule has 0 radical (unpaired) electrons. The molecule has 7 heteroatoms. The third kappa shape index (κ3) is 3.07. The van der Waals surface area contributed by atoms with E-state index < -0.39 is 11.9 Å². The molecule has 2 aromatic heterocycles. The molecular weight excluding hydrogens is 334 g/mol. The third-order valence-corrected chi connectivity index (χ3v) is 5.58. The van der Waals surface area contributed by atoms with Gasteiger partial charge in [0.05, 0.1) is 12.0 Å². The minimum atomic E-state index is -0.772. The molecule has 1 unspecified atom stereocenters. The van der Waals surface area contributed by atoms with Crippen molar-refractivity contribution in [3.05, 3.63) is 35.8 Å². The molecule has 7 nitrogen and oxygen atoms in total. The van der Waals surface area contributed by atoms with Gasteiger partial charge in [-0.3, -0.25) is 9.59 Å². The van der Waals surface area contributed by atoms with Crippen molar-refractivity contribution in [2.75, 3.05) is 19.7 Å². The SMILES string of the molecule is Cc1ccn2cc(C(=O)N3CCC([C@@H]4OCCC4C(=O)O)CC3)nc2c1. The van der Waals surface area contributed by atoms with Crippen LogP contribution in [0.4, 0.5) is 0 Å². The molecule has 2 aliphatic heterocycles. The number of pyridine rings is 1. The Morgan fingerprint density at radius 2 is 2.04 bits per heavy atom. The molecule has 2 saturated heterocycles. The minimum Gasteiger partial charge on any atom is -0.481 e. The fourth-order valence-corrected chi connectivity index (χ4v) is 4.12. The molecule has 2 fully saturated rings. The molecule has 26 heavy (non-hydrogen) atoms. The summed E-state index contributed by atoms with van der Waals surface area (Å²) in [6.45, 7) is 3.74. The molecule has 0 aromatic carbocycles. The van der Waals surface area contributed by atoms with Crippen LogP contribution in [0.1, 0.15) is 35.3 Å². The number of aromatic nitrogens is 2. The van der Waals surface area contributed by atoms with E-state index in [2.05, 4.69) is 4.98 Å². The zero-order chi connectivity index (χ0) is 18.3. The standard InChI is InChI=1S/C19H23N3O4/c1-12-2-6-22-11-15(20-16(22)10-12)18(23)21-7-3-13(4-8-21)17-14(19(24)25)5-9-26-17/h2,6,10-11,13-14,17H,3-5,7-9H2,1H3,(H,24,25)/t14?,17-/m0/s1. The van der Waals surface area contributed by atoms with E-state index in [1.807, 2.05) is 34.6 Å². The molecule has 138 valence electrons. The number of ether oxygens (including phenoxy) is 1. The maximum atomic E-state index is 12.8. The van der Waals surface area contributed by atoms with Crippen LogP contribution in [0.2, 0.25) is 0 Å². The quantitative estimate of drug-likeness (QED) is 0.908. The first-order valence-electron chi connectivity index (χ1n) is 9.12. The van der Waals surface area contributed by atoms with E-state index in [-0.39, 0.29) is 17.9 Å². The number of fused-ring (bicyclic) bond motifs is 1. The molecule has 2 aliphatic rings.